The molecule has 0 spiro atoms. The number of hydrogen-bond donors (Lipinski definition) is 2. The summed E-state index contributed by atoms with van der Waals surface area (Å²) in [6.07, 6.45) is 0. The lowest BCUT2D eigenvalue weighted by Crippen LogP contribution is -2.41. The quantitative estimate of drug-likeness (QED) is 0.235. The van der Waals surface area contributed by atoms with Gasteiger partial charge in [-0.3, -0.25) is 24.1 Å². The number of nitrogens with zero attached hydrogens (tertiary/aromatic N) is 3. The molecule has 0 rings (SSSR count). The van der Waals surface area contributed by atoms with Crippen LogP contribution in [0.3, 0.4) is 0 Å². The minimum Gasteiger partial charge on any atom is -0.480 e. The number of ether oxygens (including phenoxy) is 2. The number of likely N-dealkylation sites (N-methyl/N-ethyl adjacent to an activating group) is 1. The van der Waals surface area contributed by atoms with Crippen LogP contribution in [0.5, 0.6) is 0 Å². The summed E-state index contributed by atoms with van der Waals surface area (Å²) in [5.41, 5.74) is 0. The van der Waals surface area contributed by atoms with Crippen molar-refractivity contribution in [1.82, 2.24) is 14.7 Å². The molecule has 0 fully saturated rings. The molecule has 24 heavy (non-hydrogen) atoms. The molecule has 11 nitrogen and oxygen atoms in total. The highest BCUT2D eigenvalue weighted by molar-refractivity contribution is 5.72. The van der Waals surface area contributed by atoms with E-state index in [9.17, 15) is 19.2 Å². The molecule has 0 atom stereocenters. The molecule has 138 valence electrons. The summed E-state index contributed by atoms with van der Waals surface area (Å²) in [5.74, 6) is -2.19. The number of carboxylic acids is 2. The van der Waals surface area contributed by atoms with Crippen molar-refractivity contribution in [2.75, 3.05) is 59.8 Å². The van der Waals surface area contributed by atoms with Gasteiger partial charge in [0.25, 0.3) is 12.9 Å². The minimum absolute atomic E-state index is 0.0324. The largest absolute Gasteiger partial charge is 0.480 e. The predicted molar refractivity (Wildman–Crippen MR) is 79.9 cm³/mol. The second-order valence-corrected chi connectivity index (χ2v) is 4.98. The van der Waals surface area contributed by atoms with Crippen molar-refractivity contribution in [3.05, 3.63) is 0 Å². The van der Waals surface area contributed by atoms with Gasteiger partial charge in [-0.05, 0) is 7.05 Å². The maximum atomic E-state index is 10.7. The number of hydrogen-bond acceptors (Lipinski definition) is 9. The summed E-state index contributed by atoms with van der Waals surface area (Å²) in [6, 6.07) is 0. The summed E-state index contributed by atoms with van der Waals surface area (Å²) < 4.78 is 9.21. The van der Waals surface area contributed by atoms with Crippen molar-refractivity contribution >= 4 is 24.9 Å². The monoisotopic (exact) mass is 349 g/mol. The molecular weight excluding hydrogens is 326 g/mol. The van der Waals surface area contributed by atoms with Crippen molar-refractivity contribution in [3.8, 4) is 0 Å². The summed E-state index contributed by atoms with van der Waals surface area (Å²) in [6.45, 7) is 1.45. The standard InChI is InChI=1S/C13H23N3O8/c1-14(2-4-15(6-12(19)20)7-13(21)22)3-5-16(8-23-10-17)9-24-11-18/h10-11H,2-9H2,1H3,(H,19,20)(H,21,22). The second-order valence-electron chi connectivity index (χ2n) is 4.98. The number of carboxylic acid groups (broad SMARTS) is 2. The van der Waals surface area contributed by atoms with Gasteiger partial charge in [0.05, 0.1) is 13.1 Å². The van der Waals surface area contributed by atoms with Gasteiger partial charge in [-0.25, -0.2) is 4.90 Å². The van der Waals surface area contributed by atoms with Gasteiger partial charge in [-0.15, -0.1) is 0 Å². The average Bonchev–Trinajstić information content (AvgIpc) is 2.50. The van der Waals surface area contributed by atoms with Gasteiger partial charge in [0.2, 0.25) is 0 Å². The summed E-state index contributed by atoms with van der Waals surface area (Å²) in [5, 5.41) is 17.5. The van der Waals surface area contributed by atoms with E-state index in [-0.39, 0.29) is 46.0 Å². The van der Waals surface area contributed by atoms with Crippen LogP contribution >= 0.6 is 0 Å². The molecular formula is C13H23N3O8. The third-order valence-electron chi connectivity index (χ3n) is 2.96. The van der Waals surface area contributed by atoms with Crippen LogP contribution in [0.25, 0.3) is 0 Å². The smallest absolute Gasteiger partial charge is 0.317 e. The van der Waals surface area contributed by atoms with Gasteiger partial charge >= 0.3 is 11.9 Å². The molecule has 0 aliphatic heterocycles. The lowest BCUT2D eigenvalue weighted by Gasteiger charge is -2.25. The Hall–Kier alpha value is -2.24. The molecule has 0 radical (unpaired) electrons. The SMILES string of the molecule is CN(CCN(COC=O)COC=O)CCN(CC(=O)O)CC(=O)O. The van der Waals surface area contributed by atoms with E-state index in [1.165, 1.54) is 4.90 Å². The van der Waals surface area contributed by atoms with E-state index in [4.69, 9.17) is 10.2 Å². The normalized spacial score (nSPS) is 10.8. The molecule has 0 saturated heterocycles. The van der Waals surface area contributed by atoms with Gasteiger partial charge in [-0.2, -0.15) is 0 Å². The van der Waals surface area contributed by atoms with Gasteiger partial charge in [0, 0.05) is 26.2 Å². The van der Waals surface area contributed by atoms with Crippen LogP contribution in [0.1, 0.15) is 0 Å². The first-order valence-corrected chi connectivity index (χ1v) is 7.06. The Balaban J connectivity index is 4.23. The summed E-state index contributed by atoms with van der Waals surface area (Å²) in [4.78, 5) is 46.6. The fourth-order valence-electron chi connectivity index (χ4n) is 1.77. The van der Waals surface area contributed by atoms with E-state index in [2.05, 4.69) is 9.47 Å². The number of rotatable bonds is 16. The van der Waals surface area contributed by atoms with Crippen molar-refractivity contribution in [1.29, 1.82) is 0 Å². The van der Waals surface area contributed by atoms with E-state index in [0.717, 1.165) is 0 Å². The summed E-state index contributed by atoms with van der Waals surface area (Å²) in [7, 11) is 1.78. The van der Waals surface area contributed by atoms with Gasteiger partial charge < -0.3 is 24.6 Å². The fraction of sp³-hybridized carbons (Fsp3) is 0.692. The third-order valence-corrected chi connectivity index (χ3v) is 2.96. The van der Waals surface area contributed by atoms with Crippen LogP contribution in [-0.4, -0.2) is 110 Å². The summed E-state index contributed by atoms with van der Waals surface area (Å²) >= 11 is 0. The van der Waals surface area contributed by atoms with Crippen molar-refractivity contribution in [2.45, 2.75) is 0 Å². The van der Waals surface area contributed by atoms with Gasteiger partial charge in [-0.1, -0.05) is 0 Å². The van der Waals surface area contributed by atoms with Crippen LogP contribution in [-0.2, 0) is 28.7 Å². The Morgan fingerprint density at radius 1 is 0.833 bits per heavy atom. The molecule has 0 aliphatic rings. The molecule has 0 unspecified atom stereocenters. The zero-order valence-corrected chi connectivity index (χ0v) is 13.5. The van der Waals surface area contributed by atoms with Crippen LogP contribution in [0.15, 0.2) is 0 Å². The third kappa shape index (κ3) is 12.3. The highest BCUT2D eigenvalue weighted by Crippen LogP contribution is 1.94. The maximum Gasteiger partial charge on any atom is 0.317 e. The highest BCUT2D eigenvalue weighted by atomic mass is 16.6. The lowest BCUT2D eigenvalue weighted by atomic mass is 10.4. The van der Waals surface area contributed by atoms with Crippen molar-refractivity contribution < 1.29 is 38.9 Å². The van der Waals surface area contributed by atoms with Crippen LogP contribution in [0, 0.1) is 0 Å². The molecule has 0 aliphatic carbocycles. The maximum absolute atomic E-state index is 10.7. The Morgan fingerprint density at radius 2 is 1.25 bits per heavy atom. The van der Waals surface area contributed by atoms with Crippen LogP contribution in [0.2, 0.25) is 0 Å². The molecule has 0 saturated carbocycles. The van der Waals surface area contributed by atoms with Crippen molar-refractivity contribution in [2.24, 2.45) is 0 Å². The van der Waals surface area contributed by atoms with Gasteiger partial charge in [0.15, 0.2) is 0 Å². The molecule has 11 heteroatoms. The molecule has 0 heterocycles. The number of aliphatic carboxylic acids is 2. The lowest BCUT2D eigenvalue weighted by molar-refractivity contribution is -0.143. The average molecular weight is 349 g/mol. The molecule has 0 aromatic rings. The van der Waals surface area contributed by atoms with E-state index in [1.807, 2.05) is 4.90 Å². The Labute approximate surface area is 139 Å². The first-order chi connectivity index (χ1) is 11.4. The second kappa shape index (κ2) is 13.2. The Morgan fingerprint density at radius 3 is 1.62 bits per heavy atom. The van der Waals surface area contributed by atoms with E-state index in [1.54, 1.807) is 11.9 Å². The molecule has 0 aromatic carbocycles. The van der Waals surface area contributed by atoms with Crippen molar-refractivity contribution in [3.63, 3.8) is 0 Å². The molecule has 0 aromatic heterocycles. The molecule has 0 bridgehead atoms. The van der Waals surface area contributed by atoms with Crippen LogP contribution < -0.4 is 0 Å². The topological polar surface area (TPSA) is 137 Å². The first kappa shape index (κ1) is 21.8. The number of carbonyl (C=O) groups is 4. The van der Waals surface area contributed by atoms with E-state index < -0.39 is 11.9 Å². The van der Waals surface area contributed by atoms with Crippen LogP contribution in [0.4, 0.5) is 0 Å². The first-order valence-electron chi connectivity index (χ1n) is 7.06. The van der Waals surface area contributed by atoms with E-state index >= 15 is 0 Å². The Kier molecular flexibility index (Phi) is 12.0. The molecule has 2 N–H and O–H groups in total. The minimum atomic E-state index is -1.10. The number of carbonyl (C=O) groups excluding carboxylic acids is 2. The molecule has 0 amide bonds. The van der Waals surface area contributed by atoms with Gasteiger partial charge in [0.1, 0.15) is 13.5 Å². The zero-order chi connectivity index (χ0) is 18.4. The Bertz CT molecular complexity index is 379. The van der Waals surface area contributed by atoms with E-state index in [0.29, 0.717) is 19.6 Å². The highest BCUT2D eigenvalue weighted by Gasteiger charge is 2.14. The zero-order valence-electron chi connectivity index (χ0n) is 13.5. The predicted octanol–water partition coefficient (Wildman–Crippen LogP) is -2.05. The fourth-order valence-corrected chi connectivity index (χ4v) is 1.77.